The Morgan fingerprint density at radius 3 is 2.58 bits per heavy atom. The standard InChI is InChI=1S/C15H22F2N4O5/c1-6(2)9(19)12(23)26-11-10(7(3)22)25-13(15(11,16)17)21-5-4-8(18)20-14(21)24/h4-7,9-11,13,22H,19H2,1-3H3,(H2,18,20,24). The van der Waals surface area contributed by atoms with Gasteiger partial charge in [0.15, 0.2) is 6.10 Å². The van der Waals surface area contributed by atoms with Crippen LogP contribution >= 0.6 is 0 Å². The lowest BCUT2D eigenvalue weighted by Gasteiger charge is -2.26. The number of rotatable bonds is 5. The lowest BCUT2D eigenvalue weighted by molar-refractivity contribution is -0.179. The number of hydrogen-bond donors (Lipinski definition) is 3. The zero-order valence-electron chi connectivity index (χ0n) is 14.5. The molecule has 1 aliphatic heterocycles. The summed E-state index contributed by atoms with van der Waals surface area (Å²) in [6.45, 7) is 4.46. The average Bonchev–Trinajstić information content (AvgIpc) is 2.78. The van der Waals surface area contributed by atoms with Crippen molar-refractivity contribution < 1.29 is 28.2 Å². The van der Waals surface area contributed by atoms with Gasteiger partial charge in [-0.05, 0) is 18.9 Å². The summed E-state index contributed by atoms with van der Waals surface area (Å²) in [6, 6.07) is 0.0205. The van der Waals surface area contributed by atoms with E-state index in [1.807, 2.05) is 0 Å². The van der Waals surface area contributed by atoms with Crippen LogP contribution in [-0.2, 0) is 14.3 Å². The first kappa shape index (κ1) is 20.2. The number of hydrogen-bond acceptors (Lipinski definition) is 8. The minimum absolute atomic E-state index is 0.148. The quantitative estimate of drug-likeness (QED) is 0.591. The average molecular weight is 376 g/mol. The van der Waals surface area contributed by atoms with E-state index in [4.69, 9.17) is 20.9 Å². The molecule has 0 aliphatic carbocycles. The van der Waals surface area contributed by atoms with Crippen molar-refractivity contribution in [1.29, 1.82) is 0 Å². The van der Waals surface area contributed by atoms with Crippen molar-refractivity contribution in [1.82, 2.24) is 9.55 Å². The largest absolute Gasteiger partial charge is 0.452 e. The van der Waals surface area contributed by atoms with E-state index in [-0.39, 0.29) is 11.7 Å². The van der Waals surface area contributed by atoms with Crippen LogP contribution < -0.4 is 17.2 Å². The summed E-state index contributed by atoms with van der Waals surface area (Å²) in [5, 5.41) is 9.79. The smallest absolute Gasteiger partial charge is 0.351 e. The predicted octanol–water partition coefficient (Wildman–Crippen LogP) is -0.366. The highest BCUT2D eigenvalue weighted by atomic mass is 19.3. The molecule has 0 radical (unpaired) electrons. The highest BCUT2D eigenvalue weighted by Gasteiger charge is 2.63. The second-order valence-corrected chi connectivity index (χ2v) is 6.54. The van der Waals surface area contributed by atoms with Gasteiger partial charge in [-0.15, -0.1) is 0 Å². The van der Waals surface area contributed by atoms with E-state index in [2.05, 4.69) is 4.98 Å². The molecule has 0 saturated carbocycles. The second kappa shape index (κ2) is 7.25. The van der Waals surface area contributed by atoms with Crippen LogP contribution in [0.15, 0.2) is 17.1 Å². The Hall–Kier alpha value is -2.11. The molecule has 0 bridgehead atoms. The summed E-state index contributed by atoms with van der Waals surface area (Å²) in [7, 11) is 0. The number of halogens is 2. The molecule has 0 spiro atoms. The maximum Gasteiger partial charge on any atom is 0.351 e. The number of carbonyl (C=O) groups excluding carboxylic acids is 1. The summed E-state index contributed by atoms with van der Waals surface area (Å²) in [6.07, 6.45) is -6.24. The normalized spacial score (nSPS) is 27.3. The zero-order valence-corrected chi connectivity index (χ0v) is 14.5. The van der Waals surface area contributed by atoms with Crippen LogP contribution in [0, 0.1) is 5.92 Å². The van der Waals surface area contributed by atoms with Crippen molar-refractivity contribution in [2.45, 2.75) is 57.3 Å². The number of carbonyl (C=O) groups is 1. The molecule has 1 fully saturated rings. The van der Waals surface area contributed by atoms with Gasteiger partial charge in [0.25, 0.3) is 0 Å². The van der Waals surface area contributed by atoms with Gasteiger partial charge in [-0.3, -0.25) is 9.36 Å². The third kappa shape index (κ3) is 3.69. The Bertz CT molecular complexity index is 724. The van der Waals surface area contributed by atoms with Crippen molar-refractivity contribution in [3.8, 4) is 0 Å². The molecule has 5 unspecified atom stereocenters. The Labute approximate surface area is 147 Å². The number of nitrogens with zero attached hydrogens (tertiary/aromatic N) is 2. The monoisotopic (exact) mass is 376 g/mol. The Morgan fingerprint density at radius 2 is 2.08 bits per heavy atom. The van der Waals surface area contributed by atoms with E-state index in [1.54, 1.807) is 13.8 Å². The molecule has 0 aromatic carbocycles. The van der Waals surface area contributed by atoms with Crippen LogP contribution in [0.4, 0.5) is 14.6 Å². The maximum absolute atomic E-state index is 14.9. The van der Waals surface area contributed by atoms with Crippen LogP contribution in [0.25, 0.3) is 0 Å². The maximum atomic E-state index is 14.9. The number of aromatic nitrogens is 2. The molecule has 146 valence electrons. The fourth-order valence-electron chi connectivity index (χ4n) is 2.51. The number of anilines is 1. The van der Waals surface area contributed by atoms with Crippen molar-refractivity contribution in [2.75, 3.05) is 5.73 Å². The third-order valence-electron chi connectivity index (χ3n) is 4.11. The van der Waals surface area contributed by atoms with Gasteiger partial charge in [0, 0.05) is 6.20 Å². The molecular formula is C15H22F2N4O5. The van der Waals surface area contributed by atoms with Crippen molar-refractivity contribution >= 4 is 11.8 Å². The summed E-state index contributed by atoms with van der Waals surface area (Å²) in [4.78, 5) is 27.3. The van der Waals surface area contributed by atoms with Gasteiger partial charge in [-0.2, -0.15) is 13.8 Å². The molecule has 2 rings (SSSR count). The molecule has 5 atom stereocenters. The van der Waals surface area contributed by atoms with Gasteiger partial charge in [0.2, 0.25) is 6.23 Å². The van der Waals surface area contributed by atoms with E-state index in [0.29, 0.717) is 4.57 Å². The predicted molar refractivity (Wildman–Crippen MR) is 86.1 cm³/mol. The Kier molecular flexibility index (Phi) is 5.64. The first-order valence-corrected chi connectivity index (χ1v) is 7.98. The van der Waals surface area contributed by atoms with Gasteiger partial charge in [0.05, 0.1) is 6.10 Å². The molecule has 26 heavy (non-hydrogen) atoms. The molecule has 1 aliphatic rings. The van der Waals surface area contributed by atoms with E-state index >= 15 is 0 Å². The summed E-state index contributed by atoms with van der Waals surface area (Å²) in [5.41, 5.74) is 9.92. The van der Waals surface area contributed by atoms with Gasteiger partial charge >= 0.3 is 17.6 Å². The number of nitrogens with two attached hydrogens (primary N) is 2. The number of alkyl halides is 2. The molecule has 11 heteroatoms. The van der Waals surface area contributed by atoms with Gasteiger partial charge in [0.1, 0.15) is 18.0 Å². The molecule has 0 amide bonds. The number of aliphatic hydroxyl groups excluding tert-OH is 1. The molecule has 1 saturated heterocycles. The minimum atomic E-state index is -3.82. The molecular weight excluding hydrogens is 354 g/mol. The zero-order chi connectivity index (χ0) is 19.8. The van der Waals surface area contributed by atoms with E-state index in [1.165, 1.54) is 6.92 Å². The molecule has 1 aromatic rings. The van der Waals surface area contributed by atoms with E-state index < -0.39 is 48.2 Å². The van der Waals surface area contributed by atoms with E-state index in [0.717, 1.165) is 12.3 Å². The third-order valence-corrected chi connectivity index (χ3v) is 4.11. The number of nitrogen functional groups attached to an aromatic ring is 1. The Morgan fingerprint density at radius 1 is 1.46 bits per heavy atom. The van der Waals surface area contributed by atoms with Crippen LogP contribution in [-0.4, -0.2) is 50.9 Å². The summed E-state index contributed by atoms with van der Waals surface area (Å²) >= 11 is 0. The van der Waals surface area contributed by atoms with Crippen molar-refractivity contribution in [3.05, 3.63) is 22.7 Å². The molecule has 9 nitrogen and oxygen atoms in total. The lowest BCUT2D eigenvalue weighted by Crippen LogP contribution is -2.49. The van der Waals surface area contributed by atoms with Gasteiger partial charge in [-0.25, -0.2) is 4.79 Å². The van der Waals surface area contributed by atoms with Crippen molar-refractivity contribution in [3.63, 3.8) is 0 Å². The minimum Gasteiger partial charge on any atom is -0.452 e. The van der Waals surface area contributed by atoms with Crippen LogP contribution in [0.1, 0.15) is 27.0 Å². The first-order valence-electron chi connectivity index (χ1n) is 7.98. The van der Waals surface area contributed by atoms with Crippen molar-refractivity contribution in [2.24, 2.45) is 11.7 Å². The molecule has 5 N–H and O–H groups in total. The summed E-state index contributed by atoms with van der Waals surface area (Å²) < 4.78 is 40.4. The van der Waals surface area contributed by atoms with Gasteiger partial charge in [-0.1, -0.05) is 13.8 Å². The molecule has 2 heterocycles. The SMILES string of the molecule is CC(C)C(N)C(=O)OC1C(C(C)O)OC(n2ccc(N)nc2=O)C1(F)F. The topological polar surface area (TPSA) is 143 Å². The highest BCUT2D eigenvalue weighted by molar-refractivity contribution is 5.76. The van der Waals surface area contributed by atoms with Crippen LogP contribution in [0.5, 0.6) is 0 Å². The van der Waals surface area contributed by atoms with Crippen LogP contribution in [0.2, 0.25) is 0 Å². The fraction of sp³-hybridized carbons (Fsp3) is 0.667. The second-order valence-electron chi connectivity index (χ2n) is 6.54. The number of esters is 1. The van der Waals surface area contributed by atoms with Gasteiger partial charge < -0.3 is 26.0 Å². The lowest BCUT2D eigenvalue weighted by atomic mass is 10.0. The molecule has 1 aromatic heterocycles. The number of aliphatic hydroxyl groups is 1. The van der Waals surface area contributed by atoms with E-state index in [9.17, 15) is 23.5 Å². The van der Waals surface area contributed by atoms with Crippen LogP contribution in [0.3, 0.4) is 0 Å². The first-order chi connectivity index (χ1) is 12.0. The fourth-order valence-corrected chi connectivity index (χ4v) is 2.51. The summed E-state index contributed by atoms with van der Waals surface area (Å²) in [5.74, 6) is -5.37. The highest BCUT2D eigenvalue weighted by Crippen LogP contribution is 2.45. The Balaban J connectivity index is 2.38. The number of ether oxygens (including phenoxy) is 2.